The molecule has 0 aliphatic carbocycles. The number of hydrogen-bond acceptors (Lipinski definition) is 3. The second-order valence-electron chi connectivity index (χ2n) is 4.69. The van der Waals surface area contributed by atoms with E-state index in [-0.39, 0.29) is 6.04 Å². The molecule has 1 N–H and O–H groups in total. The highest BCUT2D eigenvalue weighted by Gasteiger charge is 2.05. The van der Waals surface area contributed by atoms with E-state index in [1.165, 1.54) is 12.1 Å². The predicted molar refractivity (Wildman–Crippen MR) is 73.1 cm³/mol. The SMILES string of the molecule is CC(NCCCc1cc(F)cc(F)c1)c1cnccn1. The lowest BCUT2D eigenvalue weighted by Gasteiger charge is -2.12. The van der Waals surface area contributed by atoms with E-state index in [1.54, 1.807) is 18.6 Å². The van der Waals surface area contributed by atoms with E-state index < -0.39 is 11.6 Å². The maximum Gasteiger partial charge on any atom is 0.126 e. The fourth-order valence-corrected chi connectivity index (χ4v) is 2.01. The highest BCUT2D eigenvalue weighted by molar-refractivity contribution is 5.17. The van der Waals surface area contributed by atoms with Gasteiger partial charge in [0.2, 0.25) is 0 Å². The van der Waals surface area contributed by atoms with E-state index in [0.717, 1.165) is 24.7 Å². The van der Waals surface area contributed by atoms with E-state index in [4.69, 9.17) is 0 Å². The van der Waals surface area contributed by atoms with E-state index in [0.29, 0.717) is 12.0 Å². The Balaban J connectivity index is 1.76. The number of aromatic nitrogens is 2. The van der Waals surface area contributed by atoms with Gasteiger partial charge in [0.25, 0.3) is 0 Å². The summed E-state index contributed by atoms with van der Waals surface area (Å²) in [5.41, 5.74) is 1.56. The van der Waals surface area contributed by atoms with Crippen LogP contribution in [0.4, 0.5) is 8.78 Å². The minimum absolute atomic E-state index is 0.105. The summed E-state index contributed by atoms with van der Waals surface area (Å²) in [6, 6.07) is 3.73. The third-order valence-electron chi connectivity index (χ3n) is 3.04. The van der Waals surface area contributed by atoms with Crippen molar-refractivity contribution >= 4 is 0 Å². The number of rotatable bonds is 6. The summed E-state index contributed by atoms with van der Waals surface area (Å²) in [5, 5.41) is 3.31. The normalized spacial score (nSPS) is 12.3. The highest BCUT2D eigenvalue weighted by atomic mass is 19.1. The second kappa shape index (κ2) is 7.05. The van der Waals surface area contributed by atoms with Gasteiger partial charge in [-0.1, -0.05) is 0 Å². The van der Waals surface area contributed by atoms with E-state index in [1.807, 2.05) is 6.92 Å². The molecule has 1 heterocycles. The van der Waals surface area contributed by atoms with Crippen LogP contribution in [0.5, 0.6) is 0 Å². The van der Waals surface area contributed by atoms with Gasteiger partial charge in [0, 0.05) is 30.7 Å². The van der Waals surface area contributed by atoms with E-state index in [9.17, 15) is 8.78 Å². The maximum absolute atomic E-state index is 13.0. The Labute approximate surface area is 117 Å². The number of nitrogens with one attached hydrogen (secondary N) is 1. The Kier molecular flexibility index (Phi) is 5.12. The van der Waals surface area contributed by atoms with Gasteiger partial charge in [-0.3, -0.25) is 9.97 Å². The van der Waals surface area contributed by atoms with Crippen molar-refractivity contribution in [2.24, 2.45) is 0 Å². The second-order valence-corrected chi connectivity index (χ2v) is 4.69. The molecule has 5 heteroatoms. The van der Waals surface area contributed by atoms with Gasteiger partial charge < -0.3 is 5.32 Å². The number of aryl methyl sites for hydroxylation is 1. The topological polar surface area (TPSA) is 37.8 Å². The fourth-order valence-electron chi connectivity index (χ4n) is 2.01. The molecule has 0 fully saturated rings. The number of hydrogen-bond donors (Lipinski definition) is 1. The van der Waals surface area contributed by atoms with Crippen molar-refractivity contribution in [3.63, 3.8) is 0 Å². The van der Waals surface area contributed by atoms with Crippen LogP contribution in [0.25, 0.3) is 0 Å². The molecule has 0 spiro atoms. The molecule has 0 radical (unpaired) electrons. The standard InChI is InChI=1S/C15H17F2N3/c1-11(15-10-18-5-6-20-15)19-4-2-3-12-7-13(16)9-14(17)8-12/h5-11,19H,2-4H2,1H3. The first-order valence-electron chi connectivity index (χ1n) is 6.59. The summed E-state index contributed by atoms with van der Waals surface area (Å²) >= 11 is 0. The summed E-state index contributed by atoms with van der Waals surface area (Å²) in [7, 11) is 0. The summed E-state index contributed by atoms with van der Waals surface area (Å²) in [6.45, 7) is 2.75. The average Bonchev–Trinajstić information content (AvgIpc) is 2.43. The van der Waals surface area contributed by atoms with Crippen LogP contribution in [0, 0.1) is 11.6 Å². The molecule has 2 rings (SSSR count). The van der Waals surface area contributed by atoms with Gasteiger partial charge >= 0.3 is 0 Å². The molecular formula is C15H17F2N3. The molecule has 1 aromatic carbocycles. The molecule has 1 atom stereocenters. The van der Waals surface area contributed by atoms with Crippen molar-refractivity contribution < 1.29 is 8.78 Å². The van der Waals surface area contributed by atoms with Gasteiger partial charge in [-0.2, -0.15) is 0 Å². The van der Waals surface area contributed by atoms with Crippen molar-refractivity contribution in [2.75, 3.05) is 6.54 Å². The molecule has 106 valence electrons. The maximum atomic E-state index is 13.0. The summed E-state index contributed by atoms with van der Waals surface area (Å²) < 4.78 is 26.0. The number of nitrogens with zero attached hydrogens (tertiary/aromatic N) is 2. The van der Waals surface area contributed by atoms with Gasteiger partial charge in [0.05, 0.1) is 5.69 Å². The monoisotopic (exact) mass is 277 g/mol. The Morgan fingerprint density at radius 3 is 2.55 bits per heavy atom. The van der Waals surface area contributed by atoms with Crippen molar-refractivity contribution in [3.8, 4) is 0 Å². The van der Waals surface area contributed by atoms with Gasteiger partial charge in [-0.25, -0.2) is 8.78 Å². The molecule has 0 saturated carbocycles. The Morgan fingerprint density at radius 1 is 1.15 bits per heavy atom. The number of benzene rings is 1. The van der Waals surface area contributed by atoms with Crippen molar-refractivity contribution in [3.05, 3.63) is 59.7 Å². The Hall–Kier alpha value is -1.88. The largest absolute Gasteiger partial charge is 0.309 e. The Bertz CT molecular complexity index is 526. The van der Waals surface area contributed by atoms with Gasteiger partial charge in [-0.15, -0.1) is 0 Å². The predicted octanol–water partition coefficient (Wildman–Crippen LogP) is 3.04. The lowest BCUT2D eigenvalue weighted by Crippen LogP contribution is -2.21. The molecule has 1 aromatic heterocycles. The molecule has 0 amide bonds. The fraction of sp³-hybridized carbons (Fsp3) is 0.333. The van der Waals surface area contributed by atoms with Gasteiger partial charge in [0.15, 0.2) is 0 Å². The van der Waals surface area contributed by atoms with Crippen molar-refractivity contribution in [2.45, 2.75) is 25.8 Å². The lowest BCUT2D eigenvalue weighted by atomic mass is 10.1. The molecule has 0 aliphatic rings. The zero-order chi connectivity index (χ0) is 14.4. The zero-order valence-corrected chi connectivity index (χ0v) is 11.3. The molecule has 3 nitrogen and oxygen atoms in total. The van der Waals surface area contributed by atoms with Crippen molar-refractivity contribution in [1.82, 2.24) is 15.3 Å². The molecule has 0 bridgehead atoms. The quantitative estimate of drug-likeness (QED) is 0.825. The minimum Gasteiger partial charge on any atom is -0.309 e. The van der Waals surface area contributed by atoms with Crippen LogP contribution in [-0.2, 0) is 6.42 Å². The van der Waals surface area contributed by atoms with E-state index >= 15 is 0 Å². The van der Waals surface area contributed by atoms with Crippen LogP contribution in [0.15, 0.2) is 36.8 Å². The van der Waals surface area contributed by atoms with Crippen LogP contribution in [-0.4, -0.2) is 16.5 Å². The van der Waals surface area contributed by atoms with E-state index in [2.05, 4.69) is 15.3 Å². The first-order valence-corrected chi connectivity index (χ1v) is 6.59. The van der Waals surface area contributed by atoms with Gasteiger partial charge in [-0.05, 0) is 44.0 Å². The first kappa shape index (κ1) is 14.5. The third kappa shape index (κ3) is 4.35. The Morgan fingerprint density at radius 2 is 1.90 bits per heavy atom. The molecule has 1 unspecified atom stereocenters. The van der Waals surface area contributed by atoms with Crippen LogP contribution in [0.3, 0.4) is 0 Å². The smallest absolute Gasteiger partial charge is 0.126 e. The average molecular weight is 277 g/mol. The summed E-state index contributed by atoms with van der Waals surface area (Å²) in [4.78, 5) is 8.23. The third-order valence-corrected chi connectivity index (χ3v) is 3.04. The lowest BCUT2D eigenvalue weighted by molar-refractivity contribution is 0.542. The molecule has 0 saturated heterocycles. The van der Waals surface area contributed by atoms with Crippen LogP contribution in [0.1, 0.15) is 30.6 Å². The first-order chi connectivity index (χ1) is 9.65. The summed E-state index contributed by atoms with van der Waals surface area (Å²) in [5.74, 6) is -1.05. The van der Waals surface area contributed by atoms with Crippen LogP contribution >= 0.6 is 0 Å². The zero-order valence-electron chi connectivity index (χ0n) is 11.3. The van der Waals surface area contributed by atoms with Gasteiger partial charge in [0.1, 0.15) is 11.6 Å². The summed E-state index contributed by atoms with van der Waals surface area (Å²) in [6.07, 6.45) is 6.44. The van der Waals surface area contributed by atoms with Crippen molar-refractivity contribution in [1.29, 1.82) is 0 Å². The molecular weight excluding hydrogens is 260 g/mol. The van der Waals surface area contributed by atoms with Crippen LogP contribution in [0.2, 0.25) is 0 Å². The minimum atomic E-state index is -0.527. The number of halogens is 2. The highest BCUT2D eigenvalue weighted by Crippen LogP contribution is 2.10. The molecule has 2 aromatic rings. The van der Waals surface area contributed by atoms with Crippen LogP contribution < -0.4 is 5.32 Å². The molecule has 20 heavy (non-hydrogen) atoms. The molecule has 0 aliphatic heterocycles.